The molecule has 6 nitrogen and oxygen atoms in total. The lowest BCUT2D eigenvalue weighted by Gasteiger charge is -2.42. The average Bonchev–Trinajstić information content (AvgIpc) is 2.85. The van der Waals surface area contributed by atoms with Crippen molar-refractivity contribution in [2.45, 2.75) is 53.2 Å². The van der Waals surface area contributed by atoms with E-state index in [4.69, 9.17) is 14.3 Å². The first-order valence-electron chi connectivity index (χ1n) is 11.3. The minimum absolute atomic E-state index is 0. The monoisotopic (exact) mass is 456 g/mol. The van der Waals surface area contributed by atoms with Gasteiger partial charge in [0.25, 0.3) is 0 Å². The summed E-state index contributed by atoms with van der Waals surface area (Å²) >= 11 is 0. The Hall–Kier alpha value is -2.70. The summed E-state index contributed by atoms with van der Waals surface area (Å²) in [6.45, 7) is 9.20. The molecule has 1 saturated heterocycles. The third-order valence-electron chi connectivity index (χ3n) is 6.49. The summed E-state index contributed by atoms with van der Waals surface area (Å²) in [7, 11) is 0. The number of nitrogens with one attached hydrogen (secondary N) is 1. The first-order chi connectivity index (χ1) is 15.7. The average molecular weight is 457 g/mol. The number of nitrogens with zero attached hydrogens (tertiary/aromatic N) is 1. The van der Waals surface area contributed by atoms with E-state index in [2.05, 4.69) is 59.6 Å². The topological polar surface area (TPSA) is 67.9 Å². The fraction of sp³-hybridized carbons (Fsp3) is 0.481. The number of piperidine rings is 1. The van der Waals surface area contributed by atoms with E-state index < -0.39 is 0 Å². The van der Waals surface area contributed by atoms with Gasteiger partial charge < -0.3 is 14.3 Å². The van der Waals surface area contributed by atoms with Gasteiger partial charge in [-0.15, -0.1) is 0 Å². The zero-order valence-corrected chi connectivity index (χ0v) is 19.0. The number of amides is 1. The van der Waals surface area contributed by atoms with Gasteiger partial charge in [-0.1, -0.05) is 43.8 Å². The zero-order valence-electron chi connectivity index (χ0n) is 19.0. The van der Waals surface area contributed by atoms with Gasteiger partial charge in [-0.3, -0.25) is 10.2 Å². The third-order valence-corrected chi connectivity index (χ3v) is 6.49. The van der Waals surface area contributed by atoms with E-state index >= 15 is 0 Å². The number of anilines is 1. The van der Waals surface area contributed by atoms with Gasteiger partial charge in [0.15, 0.2) is 0 Å². The second-order valence-electron chi connectivity index (χ2n) is 8.59. The molecule has 1 N–H and O–H groups in total. The van der Waals surface area contributed by atoms with E-state index in [9.17, 15) is 4.79 Å². The maximum absolute atomic E-state index is 11.4. The molecule has 2 aliphatic rings. The molecule has 0 spiro atoms. The van der Waals surface area contributed by atoms with Gasteiger partial charge in [-0.05, 0) is 74.4 Å². The lowest BCUT2D eigenvalue weighted by molar-refractivity contribution is -0.0980. The van der Waals surface area contributed by atoms with Gasteiger partial charge in [0.1, 0.15) is 13.4 Å². The number of cyclic esters (lactones) is 1. The number of carbonyl (C=O) groups is 2. The lowest BCUT2D eigenvalue weighted by Crippen LogP contribution is -2.42. The van der Waals surface area contributed by atoms with Crippen LogP contribution in [-0.2, 0) is 33.8 Å². The molecule has 2 heterocycles. The molecule has 182 valence electrons. The number of ether oxygens (including phenoxy) is 2. The molecule has 0 unspecified atom stereocenters. The molecular weight excluding hydrogens is 416 g/mol. The maximum Gasteiger partial charge on any atom is 0.411 e. The van der Waals surface area contributed by atoms with Crippen LogP contribution < -0.4 is 5.32 Å². The van der Waals surface area contributed by atoms with Crippen LogP contribution in [-0.4, -0.2) is 44.1 Å². The number of rotatable bonds is 8. The first-order valence-corrected chi connectivity index (χ1v) is 11.3. The van der Waals surface area contributed by atoms with E-state index in [1.807, 2.05) is 12.9 Å². The van der Waals surface area contributed by atoms with Crippen LogP contribution in [0, 0.1) is 5.41 Å². The summed E-state index contributed by atoms with van der Waals surface area (Å²) in [5, 5.41) is 2.76. The zero-order chi connectivity index (χ0) is 22.8. The Labute approximate surface area is 199 Å². The summed E-state index contributed by atoms with van der Waals surface area (Å²) in [6.07, 6.45) is 4.27. The standard InChI is InChI=1S/C25H32N2O3.CH2O.CH4.H2/c1-2-29-19-25(11-10-20-6-4-3-5-7-20)12-14-27(15-13-25)17-21-8-9-23-22(16-21)18-30-24(28)26-23;1-2;;/h3-9,16H,2,10-15,17-19H2,1H3,(H,26,28);1H2;1H4;1H. The van der Waals surface area contributed by atoms with Crippen molar-refractivity contribution in [3.63, 3.8) is 0 Å². The van der Waals surface area contributed by atoms with Crippen LogP contribution in [0.15, 0.2) is 48.5 Å². The number of benzene rings is 2. The molecule has 1 fully saturated rings. The van der Waals surface area contributed by atoms with Crippen molar-refractivity contribution >= 4 is 18.6 Å². The van der Waals surface area contributed by atoms with Crippen molar-refractivity contribution in [3.8, 4) is 0 Å². The molecule has 0 atom stereocenters. The van der Waals surface area contributed by atoms with Crippen molar-refractivity contribution in [1.82, 2.24) is 4.90 Å². The van der Waals surface area contributed by atoms with Crippen LogP contribution in [0.25, 0.3) is 0 Å². The first kappa shape index (κ1) is 26.6. The molecule has 6 heteroatoms. The highest BCUT2D eigenvalue weighted by atomic mass is 16.5. The molecule has 33 heavy (non-hydrogen) atoms. The highest BCUT2D eigenvalue weighted by molar-refractivity contribution is 5.87. The highest BCUT2D eigenvalue weighted by Crippen LogP contribution is 2.37. The van der Waals surface area contributed by atoms with Crippen molar-refractivity contribution in [2.24, 2.45) is 5.41 Å². The summed E-state index contributed by atoms with van der Waals surface area (Å²) < 4.78 is 11.0. The van der Waals surface area contributed by atoms with E-state index in [0.29, 0.717) is 6.61 Å². The molecule has 0 bridgehead atoms. The highest BCUT2D eigenvalue weighted by Gasteiger charge is 2.34. The van der Waals surface area contributed by atoms with E-state index in [1.54, 1.807) is 0 Å². The van der Waals surface area contributed by atoms with E-state index in [-0.39, 0.29) is 20.4 Å². The van der Waals surface area contributed by atoms with E-state index in [1.165, 1.54) is 30.4 Å². The van der Waals surface area contributed by atoms with Gasteiger partial charge >= 0.3 is 6.09 Å². The fourth-order valence-corrected chi connectivity index (χ4v) is 4.56. The smallest absolute Gasteiger partial charge is 0.411 e. The SMILES string of the molecule is C.C=O.CCOCC1(CCc2ccccc2)CCN(Cc2ccc3c(c2)COC(=O)N3)CC1.[HH]. The van der Waals surface area contributed by atoms with E-state index in [0.717, 1.165) is 50.5 Å². The number of likely N-dealkylation sites (tertiary alicyclic amines) is 1. The molecule has 2 aliphatic heterocycles. The quantitative estimate of drug-likeness (QED) is 0.552. The Bertz CT molecular complexity index is 870. The van der Waals surface area contributed by atoms with Gasteiger partial charge in [0.2, 0.25) is 0 Å². The molecule has 2 aromatic rings. The van der Waals surface area contributed by atoms with Crippen molar-refractivity contribution in [2.75, 3.05) is 31.6 Å². The third kappa shape index (κ3) is 7.41. The second kappa shape index (κ2) is 13.1. The molecule has 1 amide bonds. The second-order valence-corrected chi connectivity index (χ2v) is 8.59. The summed E-state index contributed by atoms with van der Waals surface area (Å²) in [5.41, 5.74) is 4.88. The minimum Gasteiger partial charge on any atom is -0.444 e. The number of aryl methyl sites for hydroxylation is 1. The number of hydrogen-bond donors (Lipinski definition) is 1. The van der Waals surface area contributed by atoms with Crippen LogP contribution in [0.4, 0.5) is 10.5 Å². The summed E-state index contributed by atoms with van der Waals surface area (Å²) in [5.74, 6) is 0. The van der Waals surface area contributed by atoms with Crippen LogP contribution in [0.2, 0.25) is 0 Å². The number of fused-ring (bicyclic) bond motifs is 1. The van der Waals surface area contributed by atoms with Crippen LogP contribution in [0.1, 0.15) is 51.7 Å². The molecule has 0 aromatic heterocycles. The summed E-state index contributed by atoms with van der Waals surface area (Å²) in [6, 6.07) is 17.1. The molecule has 0 radical (unpaired) electrons. The predicted molar refractivity (Wildman–Crippen MR) is 134 cm³/mol. The molecule has 0 saturated carbocycles. The lowest BCUT2D eigenvalue weighted by atomic mass is 9.74. The number of hydrogen-bond acceptors (Lipinski definition) is 5. The van der Waals surface area contributed by atoms with Crippen molar-refractivity contribution in [3.05, 3.63) is 65.2 Å². The van der Waals surface area contributed by atoms with Crippen LogP contribution >= 0.6 is 0 Å². The fourth-order valence-electron chi connectivity index (χ4n) is 4.56. The maximum atomic E-state index is 11.4. The van der Waals surface area contributed by atoms with Gasteiger partial charge in [-0.2, -0.15) is 0 Å². The number of carbonyl (C=O) groups excluding carboxylic acids is 2. The summed E-state index contributed by atoms with van der Waals surface area (Å²) in [4.78, 5) is 21.9. The van der Waals surface area contributed by atoms with Crippen molar-refractivity contribution in [1.29, 1.82) is 0 Å². The molecular formula is C27H40N2O4. The normalized spacial score (nSPS) is 16.8. The Kier molecular flexibility index (Phi) is 10.6. The van der Waals surface area contributed by atoms with Gasteiger partial charge in [0, 0.05) is 20.1 Å². The molecule has 0 aliphatic carbocycles. The van der Waals surface area contributed by atoms with Crippen LogP contribution in [0.3, 0.4) is 0 Å². The van der Waals surface area contributed by atoms with Gasteiger partial charge in [-0.25, -0.2) is 4.79 Å². The molecule has 2 aromatic carbocycles. The molecule has 4 rings (SSSR count). The Morgan fingerprint density at radius 1 is 1.12 bits per heavy atom. The van der Waals surface area contributed by atoms with Crippen LogP contribution in [0.5, 0.6) is 0 Å². The Morgan fingerprint density at radius 3 is 2.55 bits per heavy atom. The Balaban J connectivity index is 0.00000141. The minimum atomic E-state index is -0.368. The predicted octanol–water partition coefficient (Wildman–Crippen LogP) is 5.70. The van der Waals surface area contributed by atoms with Gasteiger partial charge in [0.05, 0.1) is 12.3 Å². The van der Waals surface area contributed by atoms with Crippen molar-refractivity contribution < 1.29 is 20.5 Å². The Morgan fingerprint density at radius 2 is 1.85 bits per heavy atom. The largest absolute Gasteiger partial charge is 0.444 e.